The predicted molar refractivity (Wildman–Crippen MR) is 94.1 cm³/mol. The topological polar surface area (TPSA) is 38.3 Å². The lowest BCUT2D eigenvalue weighted by molar-refractivity contribution is -0.157. The van der Waals surface area contributed by atoms with Gasteiger partial charge in [0.15, 0.2) is 0 Å². The van der Waals surface area contributed by atoms with E-state index >= 15 is 0 Å². The molecule has 1 unspecified atom stereocenters. The second-order valence-corrected chi connectivity index (χ2v) is 7.10. The Morgan fingerprint density at radius 1 is 1.25 bits per heavy atom. The van der Waals surface area contributed by atoms with Gasteiger partial charge in [-0.3, -0.25) is 4.79 Å². The predicted octanol–water partition coefficient (Wildman–Crippen LogP) is 4.07. The van der Waals surface area contributed by atoms with E-state index in [1.807, 2.05) is 39.0 Å². The maximum atomic E-state index is 13.5. The highest BCUT2D eigenvalue weighted by Gasteiger charge is 2.28. The van der Waals surface area contributed by atoms with Crippen LogP contribution in [0.4, 0.5) is 4.39 Å². The van der Waals surface area contributed by atoms with Crippen LogP contribution in [-0.2, 0) is 9.53 Å². The van der Waals surface area contributed by atoms with E-state index in [1.165, 1.54) is 12.1 Å². The Labute approximate surface area is 141 Å². The van der Waals surface area contributed by atoms with E-state index in [2.05, 4.69) is 11.4 Å². The largest absolute Gasteiger partial charge is 0.459 e. The third-order valence-corrected chi connectivity index (χ3v) is 4.02. The van der Waals surface area contributed by atoms with E-state index in [4.69, 9.17) is 4.74 Å². The molecule has 0 fully saturated rings. The maximum absolute atomic E-state index is 13.5. The molecule has 1 N–H and O–H groups in total. The standard InChI is InChI=1S/C20H22FNO2/c1-20(2,3)24-19(23)18-12-14(9-10-22-18)16-6-4-5-13-11-15(21)7-8-17(13)16/h4-9,11,18,22H,10,12H2,1-3H3. The van der Waals surface area contributed by atoms with Crippen molar-refractivity contribution in [2.75, 3.05) is 6.54 Å². The van der Waals surface area contributed by atoms with Crippen LogP contribution in [-0.4, -0.2) is 24.2 Å². The molecule has 0 aromatic heterocycles. The van der Waals surface area contributed by atoms with Gasteiger partial charge in [-0.25, -0.2) is 4.39 Å². The van der Waals surface area contributed by atoms with Gasteiger partial charge in [-0.2, -0.15) is 0 Å². The Hall–Kier alpha value is -2.20. The number of rotatable bonds is 2. The number of hydrogen-bond acceptors (Lipinski definition) is 3. The zero-order valence-electron chi connectivity index (χ0n) is 14.2. The monoisotopic (exact) mass is 327 g/mol. The molecule has 0 aliphatic carbocycles. The fourth-order valence-electron chi connectivity index (χ4n) is 2.99. The molecule has 2 aromatic rings. The Kier molecular flexibility index (Phi) is 4.41. The van der Waals surface area contributed by atoms with Gasteiger partial charge in [0.05, 0.1) is 0 Å². The molecule has 3 rings (SSSR count). The molecule has 126 valence electrons. The number of halogens is 1. The summed E-state index contributed by atoms with van der Waals surface area (Å²) in [5.74, 6) is -0.482. The van der Waals surface area contributed by atoms with Crippen molar-refractivity contribution >= 4 is 22.3 Å². The highest BCUT2D eigenvalue weighted by atomic mass is 19.1. The van der Waals surface area contributed by atoms with Gasteiger partial charge < -0.3 is 10.1 Å². The first kappa shape index (κ1) is 16.7. The number of esters is 1. The third-order valence-electron chi connectivity index (χ3n) is 4.02. The summed E-state index contributed by atoms with van der Waals surface area (Å²) in [6.45, 7) is 6.20. The summed E-state index contributed by atoms with van der Waals surface area (Å²) in [4.78, 5) is 12.3. The molecule has 2 aromatic carbocycles. The van der Waals surface area contributed by atoms with Gasteiger partial charge in [-0.05, 0) is 61.2 Å². The molecule has 3 nitrogen and oxygen atoms in total. The Morgan fingerprint density at radius 2 is 2.04 bits per heavy atom. The van der Waals surface area contributed by atoms with Crippen LogP contribution < -0.4 is 5.32 Å². The SMILES string of the molecule is CC(C)(C)OC(=O)C1CC(c2cccc3cc(F)ccc23)=CCN1. The smallest absolute Gasteiger partial charge is 0.324 e. The molecular weight excluding hydrogens is 305 g/mol. The van der Waals surface area contributed by atoms with Crippen molar-refractivity contribution < 1.29 is 13.9 Å². The lowest BCUT2D eigenvalue weighted by Gasteiger charge is -2.27. The summed E-state index contributed by atoms with van der Waals surface area (Å²) in [6.07, 6.45) is 2.64. The zero-order valence-corrected chi connectivity index (χ0v) is 14.2. The van der Waals surface area contributed by atoms with Crippen molar-refractivity contribution in [3.8, 4) is 0 Å². The van der Waals surface area contributed by atoms with E-state index in [9.17, 15) is 9.18 Å². The van der Waals surface area contributed by atoms with Gasteiger partial charge >= 0.3 is 5.97 Å². The minimum absolute atomic E-state index is 0.237. The van der Waals surface area contributed by atoms with E-state index in [0.717, 1.165) is 21.9 Å². The number of benzene rings is 2. The third kappa shape index (κ3) is 3.65. The summed E-state index contributed by atoms with van der Waals surface area (Å²) in [7, 11) is 0. The van der Waals surface area contributed by atoms with Crippen molar-refractivity contribution in [3.63, 3.8) is 0 Å². The molecule has 0 amide bonds. The molecule has 0 spiro atoms. The summed E-state index contributed by atoms with van der Waals surface area (Å²) in [5.41, 5.74) is 1.63. The summed E-state index contributed by atoms with van der Waals surface area (Å²) in [5, 5.41) is 5.04. The Balaban J connectivity index is 1.88. The van der Waals surface area contributed by atoms with E-state index in [-0.39, 0.29) is 17.8 Å². The van der Waals surface area contributed by atoms with Gasteiger partial charge in [0, 0.05) is 6.54 Å². The van der Waals surface area contributed by atoms with Crippen molar-refractivity contribution in [2.24, 2.45) is 0 Å². The minimum atomic E-state index is -0.503. The van der Waals surface area contributed by atoms with Crippen molar-refractivity contribution in [1.29, 1.82) is 0 Å². The summed E-state index contributed by atoms with van der Waals surface area (Å²) >= 11 is 0. The molecule has 1 atom stereocenters. The van der Waals surface area contributed by atoms with Crippen molar-refractivity contribution in [2.45, 2.75) is 38.8 Å². The van der Waals surface area contributed by atoms with Crippen LogP contribution in [0.3, 0.4) is 0 Å². The van der Waals surface area contributed by atoms with Crippen molar-refractivity contribution in [3.05, 3.63) is 53.9 Å². The fraction of sp³-hybridized carbons (Fsp3) is 0.350. The first-order valence-electron chi connectivity index (χ1n) is 8.17. The second kappa shape index (κ2) is 6.36. The van der Waals surface area contributed by atoms with Crippen molar-refractivity contribution in [1.82, 2.24) is 5.32 Å². The van der Waals surface area contributed by atoms with Gasteiger partial charge in [-0.1, -0.05) is 30.3 Å². The van der Waals surface area contributed by atoms with Crippen LogP contribution in [0.2, 0.25) is 0 Å². The number of hydrogen-bond donors (Lipinski definition) is 1. The average Bonchev–Trinajstić information content (AvgIpc) is 2.52. The molecule has 0 radical (unpaired) electrons. The second-order valence-electron chi connectivity index (χ2n) is 7.10. The summed E-state index contributed by atoms with van der Waals surface area (Å²) < 4.78 is 18.9. The van der Waals surface area contributed by atoms with Crippen LogP contribution >= 0.6 is 0 Å². The number of carbonyl (C=O) groups excluding carboxylic acids is 1. The van der Waals surface area contributed by atoms with Gasteiger partial charge in [0.2, 0.25) is 0 Å². The van der Waals surface area contributed by atoms with Crippen LogP contribution in [0, 0.1) is 5.82 Å². The van der Waals surface area contributed by atoms with Gasteiger partial charge in [-0.15, -0.1) is 0 Å². The molecule has 0 bridgehead atoms. The number of nitrogens with one attached hydrogen (secondary N) is 1. The van der Waals surface area contributed by atoms with Gasteiger partial charge in [0.25, 0.3) is 0 Å². The first-order chi connectivity index (χ1) is 11.3. The lowest BCUT2D eigenvalue weighted by Crippen LogP contribution is -2.43. The van der Waals surface area contributed by atoms with Crippen LogP contribution in [0.25, 0.3) is 16.3 Å². The van der Waals surface area contributed by atoms with E-state index in [1.54, 1.807) is 6.07 Å². The Bertz CT molecular complexity index is 805. The van der Waals surface area contributed by atoms with E-state index < -0.39 is 5.60 Å². The number of carbonyl (C=O) groups is 1. The molecule has 0 saturated carbocycles. The van der Waals surface area contributed by atoms with Crippen LogP contribution in [0.1, 0.15) is 32.8 Å². The normalized spacial score (nSPS) is 18.3. The quantitative estimate of drug-likeness (QED) is 0.845. The molecule has 0 saturated heterocycles. The zero-order chi connectivity index (χ0) is 17.3. The number of ether oxygens (including phenoxy) is 1. The first-order valence-corrected chi connectivity index (χ1v) is 8.17. The molecule has 1 aliphatic rings. The molecule has 1 aliphatic heterocycles. The molecule has 4 heteroatoms. The highest BCUT2D eigenvalue weighted by Crippen LogP contribution is 2.30. The highest BCUT2D eigenvalue weighted by molar-refractivity contribution is 5.95. The Morgan fingerprint density at radius 3 is 2.79 bits per heavy atom. The number of fused-ring (bicyclic) bond motifs is 1. The molecule has 24 heavy (non-hydrogen) atoms. The summed E-state index contributed by atoms with van der Waals surface area (Å²) in [6, 6.07) is 10.3. The van der Waals surface area contributed by atoms with E-state index in [0.29, 0.717) is 13.0 Å². The van der Waals surface area contributed by atoms with Gasteiger partial charge in [0.1, 0.15) is 17.5 Å². The van der Waals surface area contributed by atoms with Crippen LogP contribution in [0.5, 0.6) is 0 Å². The minimum Gasteiger partial charge on any atom is -0.459 e. The molecular formula is C20H22FNO2. The molecule has 1 heterocycles. The average molecular weight is 327 g/mol. The fourth-order valence-corrected chi connectivity index (χ4v) is 2.99. The maximum Gasteiger partial charge on any atom is 0.324 e. The van der Waals surface area contributed by atoms with Crippen LogP contribution in [0.15, 0.2) is 42.5 Å². The lowest BCUT2D eigenvalue weighted by atomic mass is 9.91.